The van der Waals surface area contributed by atoms with E-state index in [4.69, 9.17) is 5.11 Å². The van der Waals surface area contributed by atoms with Crippen molar-refractivity contribution in [2.24, 2.45) is 5.92 Å². The van der Waals surface area contributed by atoms with Crippen molar-refractivity contribution >= 4 is 27.9 Å². The number of aliphatic hydroxyl groups excluding tert-OH is 1. The highest BCUT2D eigenvalue weighted by atomic mass is 79.9. The smallest absolute Gasteiger partial charge is 0.246 e. The van der Waals surface area contributed by atoms with Gasteiger partial charge in [-0.3, -0.25) is 4.79 Å². The lowest BCUT2D eigenvalue weighted by Gasteiger charge is -2.13. The fourth-order valence-electron chi connectivity index (χ4n) is 2.06. The molecule has 96 valence electrons. The molecule has 0 aromatic heterocycles. The van der Waals surface area contributed by atoms with Crippen molar-refractivity contribution in [3.63, 3.8) is 0 Å². The Kier molecular flexibility index (Phi) is 4.55. The van der Waals surface area contributed by atoms with Gasteiger partial charge in [0.2, 0.25) is 5.91 Å². The number of rotatable bonds is 3. The van der Waals surface area contributed by atoms with E-state index in [1.54, 1.807) is 11.0 Å². The fraction of sp³-hybridized carbons (Fsp3) is 0.357. The monoisotopic (exact) mass is 309 g/mol. The Morgan fingerprint density at radius 1 is 1.50 bits per heavy atom. The first-order valence-electron chi connectivity index (χ1n) is 6.03. The van der Waals surface area contributed by atoms with Gasteiger partial charge in [0, 0.05) is 36.2 Å². The number of carbonyl (C=O) groups is 1. The number of halogens is 1. The Bertz CT molecular complexity index is 459. The number of hydrogen-bond donors (Lipinski definition) is 1. The third-order valence-electron chi connectivity index (χ3n) is 3.17. The summed E-state index contributed by atoms with van der Waals surface area (Å²) in [6.45, 7) is 1.57. The van der Waals surface area contributed by atoms with Crippen molar-refractivity contribution < 1.29 is 9.90 Å². The van der Waals surface area contributed by atoms with E-state index < -0.39 is 0 Å². The first-order valence-corrected chi connectivity index (χ1v) is 6.82. The topological polar surface area (TPSA) is 40.5 Å². The van der Waals surface area contributed by atoms with E-state index in [1.165, 1.54) is 0 Å². The minimum Gasteiger partial charge on any atom is -0.396 e. The molecule has 0 bridgehead atoms. The van der Waals surface area contributed by atoms with Gasteiger partial charge in [0.15, 0.2) is 0 Å². The molecular formula is C14H16BrNO2. The van der Waals surface area contributed by atoms with Crippen LogP contribution in [-0.4, -0.2) is 35.6 Å². The molecule has 1 aromatic rings. The fourth-order valence-corrected chi connectivity index (χ4v) is 2.48. The number of aliphatic hydroxyl groups is 1. The van der Waals surface area contributed by atoms with Crippen molar-refractivity contribution in [3.8, 4) is 0 Å². The Labute approximate surface area is 115 Å². The maximum Gasteiger partial charge on any atom is 0.246 e. The Morgan fingerprint density at radius 2 is 2.28 bits per heavy atom. The Balaban J connectivity index is 1.98. The lowest BCUT2D eigenvalue weighted by atomic mass is 10.1. The third-order valence-corrected chi connectivity index (χ3v) is 3.89. The normalized spacial score (nSPS) is 19.7. The second kappa shape index (κ2) is 6.16. The zero-order valence-corrected chi connectivity index (χ0v) is 11.6. The summed E-state index contributed by atoms with van der Waals surface area (Å²) >= 11 is 3.44. The number of nitrogens with zero attached hydrogens (tertiary/aromatic N) is 1. The summed E-state index contributed by atoms with van der Waals surface area (Å²) in [7, 11) is 0. The largest absolute Gasteiger partial charge is 0.396 e. The van der Waals surface area contributed by atoms with E-state index in [-0.39, 0.29) is 18.4 Å². The highest BCUT2D eigenvalue weighted by Gasteiger charge is 2.23. The van der Waals surface area contributed by atoms with E-state index in [0.717, 1.165) is 23.0 Å². The van der Waals surface area contributed by atoms with Gasteiger partial charge < -0.3 is 10.0 Å². The average molecular weight is 310 g/mol. The van der Waals surface area contributed by atoms with E-state index in [9.17, 15) is 4.79 Å². The quantitative estimate of drug-likeness (QED) is 0.870. The maximum atomic E-state index is 11.9. The van der Waals surface area contributed by atoms with Gasteiger partial charge in [-0.15, -0.1) is 0 Å². The summed E-state index contributed by atoms with van der Waals surface area (Å²) in [6.07, 6.45) is 4.31. The zero-order chi connectivity index (χ0) is 13.0. The second-order valence-corrected chi connectivity index (χ2v) is 5.33. The summed E-state index contributed by atoms with van der Waals surface area (Å²) < 4.78 is 0.976. The van der Waals surface area contributed by atoms with Gasteiger partial charge >= 0.3 is 0 Å². The molecule has 1 N–H and O–H groups in total. The molecule has 1 unspecified atom stereocenters. The molecule has 4 heteroatoms. The first kappa shape index (κ1) is 13.3. The van der Waals surface area contributed by atoms with Gasteiger partial charge in [0.05, 0.1) is 0 Å². The zero-order valence-electron chi connectivity index (χ0n) is 10.1. The first-order chi connectivity index (χ1) is 8.70. The molecule has 1 amide bonds. The minimum absolute atomic E-state index is 0.0155. The number of benzene rings is 1. The molecule has 0 saturated carbocycles. The molecule has 1 atom stereocenters. The molecule has 1 aromatic carbocycles. The van der Waals surface area contributed by atoms with Gasteiger partial charge in [-0.05, 0) is 24.1 Å². The standard InChI is InChI=1S/C14H16BrNO2/c15-13-4-2-1-3-12(13)5-6-14(18)16-8-7-11(9-16)10-17/h1-6,11,17H,7-10H2/b6-5+. The van der Waals surface area contributed by atoms with Crippen LogP contribution in [0.25, 0.3) is 6.08 Å². The number of hydrogen-bond acceptors (Lipinski definition) is 2. The van der Waals surface area contributed by atoms with Gasteiger partial charge in [0.25, 0.3) is 0 Å². The number of carbonyl (C=O) groups excluding carboxylic acids is 1. The molecule has 1 aliphatic heterocycles. The average Bonchev–Trinajstić information content (AvgIpc) is 2.86. The van der Waals surface area contributed by atoms with Crippen LogP contribution in [0, 0.1) is 5.92 Å². The summed E-state index contributed by atoms with van der Waals surface area (Å²) in [5.74, 6) is 0.257. The highest BCUT2D eigenvalue weighted by Crippen LogP contribution is 2.19. The van der Waals surface area contributed by atoms with Crippen LogP contribution < -0.4 is 0 Å². The summed E-state index contributed by atoms with van der Waals surface area (Å²) in [5, 5.41) is 9.05. The molecule has 1 aliphatic rings. The lowest BCUT2D eigenvalue weighted by molar-refractivity contribution is -0.125. The molecule has 3 nitrogen and oxygen atoms in total. The predicted molar refractivity (Wildman–Crippen MR) is 74.9 cm³/mol. The van der Waals surface area contributed by atoms with Gasteiger partial charge in [-0.2, -0.15) is 0 Å². The van der Waals surface area contributed by atoms with E-state index in [0.29, 0.717) is 6.54 Å². The lowest BCUT2D eigenvalue weighted by Crippen LogP contribution is -2.27. The summed E-state index contributed by atoms with van der Waals surface area (Å²) in [5.41, 5.74) is 0.990. The van der Waals surface area contributed by atoms with E-state index >= 15 is 0 Å². The number of likely N-dealkylation sites (tertiary alicyclic amines) is 1. The van der Waals surface area contributed by atoms with Gasteiger partial charge in [-0.25, -0.2) is 0 Å². The van der Waals surface area contributed by atoms with Crippen molar-refractivity contribution in [3.05, 3.63) is 40.4 Å². The maximum absolute atomic E-state index is 11.9. The summed E-state index contributed by atoms with van der Waals surface area (Å²) in [6, 6.07) is 7.78. The highest BCUT2D eigenvalue weighted by molar-refractivity contribution is 9.10. The summed E-state index contributed by atoms with van der Waals surface area (Å²) in [4.78, 5) is 13.7. The van der Waals surface area contributed by atoms with Crippen LogP contribution in [0.2, 0.25) is 0 Å². The number of amides is 1. The molecule has 1 saturated heterocycles. The van der Waals surface area contributed by atoms with Crippen LogP contribution in [0.3, 0.4) is 0 Å². The van der Waals surface area contributed by atoms with E-state index in [2.05, 4.69) is 15.9 Å². The molecule has 1 heterocycles. The van der Waals surface area contributed by atoms with Crippen LogP contribution in [0.1, 0.15) is 12.0 Å². The van der Waals surface area contributed by atoms with Crippen LogP contribution in [0.4, 0.5) is 0 Å². The molecular weight excluding hydrogens is 294 g/mol. The SMILES string of the molecule is O=C(/C=C/c1ccccc1Br)N1CCC(CO)C1. The van der Waals surface area contributed by atoms with Crippen molar-refractivity contribution in [2.75, 3.05) is 19.7 Å². The molecule has 0 radical (unpaired) electrons. The molecule has 1 fully saturated rings. The minimum atomic E-state index is 0.0155. The predicted octanol–water partition coefficient (Wildman–Crippen LogP) is 2.30. The van der Waals surface area contributed by atoms with Crippen molar-refractivity contribution in [1.29, 1.82) is 0 Å². The van der Waals surface area contributed by atoms with Crippen molar-refractivity contribution in [1.82, 2.24) is 4.90 Å². The van der Waals surface area contributed by atoms with Crippen LogP contribution in [-0.2, 0) is 4.79 Å². The molecule has 18 heavy (non-hydrogen) atoms. The molecule has 2 rings (SSSR count). The molecule has 0 spiro atoms. The van der Waals surface area contributed by atoms with Gasteiger partial charge in [-0.1, -0.05) is 34.1 Å². The van der Waals surface area contributed by atoms with Crippen LogP contribution >= 0.6 is 15.9 Å². The Morgan fingerprint density at radius 3 is 2.94 bits per heavy atom. The van der Waals surface area contributed by atoms with Crippen LogP contribution in [0.15, 0.2) is 34.8 Å². The Hall–Kier alpha value is -1.13. The van der Waals surface area contributed by atoms with Crippen LogP contribution in [0.5, 0.6) is 0 Å². The molecule has 0 aliphatic carbocycles. The van der Waals surface area contributed by atoms with E-state index in [1.807, 2.05) is 30.3 Å². The second-order valence-electron chi connectivity index (χ2n) is 4.48. The van der Waals surface area contributed by atoms with Crippen molar-refractivity contribution in [2.45, 2.75) is 6.42 Å². The third kappa shape index (κ3) is 3.21. The van der Waals surface area contributed by atoms with Gasteiger partial charge in [0.1, 0.15) is 0 Å².